The third-order valence-electron chi connectivity index (χ3n) is 7.11. The average molecular weight is 424 g/mol. The summed E-state index contributed by atoms with van der Waals surface area (Å²) in [7, 11) is 3.30. The van der Waals surface area contributed by atoms with Gasteiger partial charge in [-0.05, 0) is 49.4 Å². The first-order chi connectivity index (χ1) is 15.1. The molecule has 4 rings (SSSR count). The number of aryl methyl sites for hydroxylation is 1. The number of carbonyl (C=O) groups excluding carboxylic acids is 1. The summed E-state index contributed by atoms with van der Waals surface area (Å²) in [6, 6.07) is 15.7. The molecule has 2 aliphatic rings. The molecule has 1 aliphatic heterocycles. The first kappa shape index (κ1) is 21.7. The van der Waals surface area contributed by atoms with Crippen LogP contribution >= 0.6 is 0 Å². The summed E-state index contributed by atoms with van der Waals surface area (Å²) in [6.45, 7) is 0.561. The van der Waals surface area contributed by atoms with E-state index in [-0.39, 0.29) is 17.9 Å². The van der Waals surface area contributed by atoms with Crippen LogP contribution in [0.15, 0.2) is 48.5 Å². The lowest BCUT2D eigenvalue weighted by Gasteiger charge is -2.52. The predicted molar refractivity (Wildman–Crippen MR) is 120 cm³/mol. The Morgan fingerprint density at radius 1 is 1.10 bits per heavy atom. The van der Waals surface area contributed by atoms with Gasteiger partial charge < -0.3 is 19.5 Å². The van der Waals surface area contributed by atoms with Gasteiger partial charge in [0, 0.05) is 24.4 Å². The number of methoxy groups -OCH3 is 2. The van der Waals surface area contributed by atoms with Gasteiger partial charge in [-0.1, -0.05) is 43.2 Å². The summed E-state index contributed by atoms with van der Waals surface area (Å²) in [4.78, 5) is 15.5. The molecule has 0 spiro atoms. The van der Waals surface area contributed by atoms with Crippen molar-refractivity contribution in [2.75, 3.05) is 20.8 Å². The fourth-order valence-electron chi connectivity index (χ4n) is 5.46. The van der Waals surface area contributed by atoms with Crippen molar-refractivity contribution in [1.29, 1.82) is 0 Å². The number of carbonyl (C=O) groups is 1. The standard InChI is InChI=1S/C26H33NO4/c1-30-20-12-13-23(31-2)21(18-20)25-22-10-6-7-15-26(22,29)16-17-27(25)24(28)14-11-19-8-4-3-5-9-19/h3-5,8-9,12-13,18,22,25,29H,6-7,10-11,14-17H2,1-2H3/t22-,25-,26+/m1/s1. The molecule has 0 aromatic heterocycles. The van der Waals surface area contributed by atoms with Crippen LogP contribution in [0.5, 0.6) is 11.5 Å². The summed E-state index contributed by atoms with van der Waals surface area (Å²) in [5.74, 6) is 1.60. The zero-order valence-electron chi connectivity index (χ0n) is 18.5. The highest BCUT2D eigenvalue weighted by atomic mass is 16.5. The van der Waals surface area contributed by atoms with Crippen LogP contribution in [0.4, 0.5) is 0 Å². The molecule has 5 nitrogen and oxygen atoms in total. The number of rotatable bonds is 6. The van der Waals surface area contributed by atoms with Crippen LogP contribution in [0.2, 0.25) is 0 Å². The van der Waals surface area contributed by atoms with Crippen molar-refractivity contribution in [3.63, 3.8) is 0 Å². The van der Waals surface area contributed by atoms with Gasteiger partial charge in [-0.15, -0.1) is 0 Å². The molecule has 2 aromatic carbocycles. The minimum absolute atomic E-state index is 0.00307. The Hall–Kier alpha value is -2.53. The van der Waals surface area contributed by atoms with Crippen molar-refractivity contribution >= 4 is 5.91 Å². The molecule has 0 bridgehead atoms. The molecule has 2 aromatic rings. The van der Waals surface area contributed by atoms with Gasteiger partial charge in [0.1, 0.15) is 11.5 Å². The molecule has 1 saturated heterocycles. The lowest BCUT2D eigenvalue weighted by molar-refractivity contribution is -0.155. The fraction of sp³-hybridized carbons (Fsp3) is 0.500. The molecular weight excluding hydrogens is 390 g/mol. The number of piperidine rings is 1. The number of nitrogens with zero attached hydrogens (tertiary/aromatic N) is 1. The molecule has 166 valence electrons. The number of fused-ring (bicyclic) bond motifs is 1. The summed E-state index contributed by atoms with van der Waals surface area (Å²) >= 11 is 0. The number of aliphatic hydroxyl groups is 1. The topological polar surface area (TPSA) is 59.0 Å². The number of amides is 1. The first-order valence-corrected chi connectivity index (χ1v) is 11.3. The molecule has 3 atom stereocenters. The van der Waals surface area contributed by atoms with Gasteiger partial charge >= 0.3 is 0 Å². The molecule has 1 amide bonds. The van der Waals surface area contributed by atoms with E-state index in [4.69, 9.17) is 9.47 Å². The highest BCUT2D eigenvalue weighted by molar-refractivity contribution is 5.77. The SMILES string of the molecule is COc1ccc(OC)c([C@@H]2[C@H]3CCCC[C@]3(O)CCN2C(=O)CCc2ccccc2)c1. The van der Waals surface area contributed by atoms with Crippen LogP contribution in [0.1, 0.15) is 55.7 Å². The fourth-order valence-corrected chi connectivity index (χ4v) is 5.46. The number of benzene rings is 2. The minimum Gasteiger partial charge on any atom is -0.497 e. The monoisotopic (exact) mass is 423 g/mol. The zero-order chi connectivity index (χ0) is 21.8. The average Bonchev–Trinajstić information content (AvgIpc) is 2.81. The van der Waals surface area contributed by atoms with Crippen molar-refractivity contribution in [2.24, 2.45) is 5.92 Å². The molecule has 5 heteroatoms. The molecule has 1 heterocycles. The van der Waals surface area contributed by atoms with Crippen molar-refractivity contribution in [3.05, 3.63) is 59.7 Å². The van der Waals surface area contributed by atoms with Crippen LogP contribution in [0.3, 0.4) is 0 Å². The summed E-state index contributed by atoms with van der Waals surface area (Å²) in [5, 5.41) is 11.5. The van der Waals surface area contributed by atoms with Crippen molar-refractivity contribution < 1.29 is 19.4 Å². The van der Waals surface area contributed by atoms with E-state index < -0.39 is 5.60 Å². The molecule has 2 fully saturated rings. The molecule has 0 radical (unpaired) electrons. The van der Waals surface area contributed by atoms with Crippen molar-refractivity contribution in [3.8, 4) is 11.5 Å². The van der Waals surface area contributed by atoms with E-state index in [1.54, 1.807) is 14.2 Å². The normalized spacial score (nSPS) is 25.6. The maximum absolute atomic E-state index is 13.5. The van der Waals surface area contributed by atoms with Gasteiger partial charge in [0.15, 0.2) is 0 Å². The lowest BCUT2D eigenvalue weighted by Crippen LogP contribution is -2.56. The Kier molecular flexibility index (Phi) is 6.51. The van der Waals surface area contributed by atoms with Crippen molar-refractivity contribution in [1.82, 2.24) is 4.90 Å². The lowest BCUT2D eigenvalue weighted by atomic mass is 9.66. The maximum atomic E-state index is 13.5. The van der Waals surface area contributed by atoms with E-state index in [9.17, 15) is 9.90 Å². The number of ether oxygens (including phenoxy) is 2. The Morgan fingerprint density at radius 2 is 1.90 bits per heavy atom. The van der Waals surface area contributed by atoms with E-state index in [0.29, 0.717) is 25.8 Å². The predicted octanol–water partition coefficient (Wildman–Crippen LogP) is 4.53. The Morgan fingerprint density at radius 3 is 2.65 bits per heavy atom. The quantitative estimate of drug-likeness (QED) is 0.742. The molecular formula is C26H33NO4. The number of hydrogen-bond acceptors (Lipinski definition) is 4. The minimum atomic E-state index is -0.729. The van der Waals surface area contributed by atoms with E-state index in [2.05, 4.69) is 12.1 Å². The molecule has 0 unspecified atom stereocenters. The largest absolute Gasteiger partial charge is 0.497 e. The van der Waals surface area contributed by atoms with Crippen LogP contribution in [-0.4, -0.2) is 42.3 Å². The number of hydrogen-bond donors (Lipinski definition) is 1. The Labute approximate surface area is 185 Å². The van der Waals surface area contributed by atoms with E-state index >= 15 is 0 Å². The first-order valence-electron chi connectivity index (χ1n) is 11.3. The van der Waals surface area contributed by atoms with E-state index in [1.807, 2.05) is 41.3 Å². The maximum Gasteiger partial charge on any atom is 0.223 e. The van der Waals surface area contributed by atoms with Crippen LogP contribution < -0.4 is 9.47 Å². The summed E-state index contributed by atoms with van der Waals surface area (Å²) < 4.78 is 11.2. The van der Waals surface area contributed by atoms with Gasteiger partial charge in [-0.25, -0.2) is 0 Å². The second-order valence-electron chi connectivity index (χ2n) is 8.83. The molecule has 1 aliphatic carbocycles. The second-order valence-corrected chi connectivity index (χ2v) is 8.83. The van der Waals surface area contributed by atoms with Gasteiger partial charge in [0.25, 0.3) is 0 Å². The summed E-state index contributed by atoms with van der Waals surface area (Å²) in [5.41, 5.74) is 1.37. The third kappa shape index (κ3) is 4.42. The Balaban J connectivity index is 1.67. The molecule has 1 saturated carbocycles. The van der Waals surface area contributed by atoms with Gasteiger partial charge in [-0.3, -0.25) is 4.79 Å². The van der Waals surface area contributed by atoms with Crippen molar-refractivity contribution in [2.45, 2.75) is 56.6 Å². The van der Waals surface area contributed by atoms with Crippen LogP contribution in [-0.2, 0) is 11.2 Å². The third-order valence-corrected chi connectivity index (χ3v) is 7.11. The van der Waals surface area contributed by atoms with Crippen LogP contribution in [0, 0.1) is 5.92 Å². The summed E-state index contributed by atoms with van der Waals surface area (Å²) in [6.07, 6.45) is 5.62. The van der Waals surface area contributed by atoms with Gasteiger partial charge in [0.05, 0.1) is 25.9 Å². The van der Waals surface area contributed by atoms with Gasteiger partial charge in [0.2, 0.25) is 5.91 Å². The van der Waals surface area contributed by atoms with Gasteiger partial charge in [-0.2, -0.15) is 0 Å². The Bertz CT molecular complexity index is 900. The van der Waals surface area contributed by atoms with E-state index in [0.717, 1.165) is 48.3 Å². The molecule has 1 N–H and O–H groups in total. The highest BCUT2D eigenvalue weighted by Gasteiger charge is 2.50. The smallest absolute Gasteiger partial charge is 0.223 e. The number of likely N-dealkylation sites (tertiary alicyclic amines) is 1. The molecule has 31 heavy (non-hydrogen) atoms. The van der Waals surface area contributed by atoms with E-state index in [1.165, 1.54) is 0 Å². The zero-order valence-corrected chi connectivity index (χ0v) is 18.5. The second kappa shape index (κ2) is 9.31. The highest BCUT2D eigenvalue weighted by Crippen LogP contribution is 2.51. The van der Waals surface area contributed by atoms with Crippen LogP contribution in [0.25, 0.3) is 0 Å².